The second kappa shape index (κ2) is 75.1. The van der Waals surface area contributed by atoms with Crippen LogP contribution in [0.4, 0.5) is 0 Å². The molecule has 0 aliphatic rings. The first-order valence-electron chi connectivity index (χ1n) is 43.9. The fraction of sp³-hybridized carbons (Fsp3) is 0.953. The second-order valence-electron chi connectivity index (χ2n) is 31.8. The van der Waals surface area contributed by atoms with Crippen LogP contribution in [0.2, 0.25) is 0 Å². The van der Waals surface area contributed by atoms with Crippen molar-refractivity contribution in [3.63, 3.8) is 0 Å². The molecule has 17 nitrogen and oxygen atoms in total. The fourth-order valence-corrected chi connectivity index (χ4v) is 14.7. The minimum atomic E-state index is -4.97. The molecule has 19 heteroatoms. The second-order valence-corrected chi connectivity index (χ2v) is 34.7. The van der Waals surface area contributed by atoms with Crippen molar-refractivity contribution in [1.82, 2.24) is 0 Å². The average Bonchev–Trinajstić information content (AvgIpc) is 0.974. The Hall–Kier alpha value is -1.94. The van der Waals surface area contributed by atoms with Crippen LogP contribution in [0.5, 0.6) is 0 Å². The fourth-order valence-electron chi connectivity index (χ4n) is 13.2. The van der Waals surface area contributed by atoms with Crippen molar-refractivity contribution in [2.24, 2.45) is 17.8 Å². The maximum atomic E-state index is 13.1. The van der Waals surface area contributed by atoms with Crippen LogP contribution in [-0.4, -0.2) is 96.7 Å². The summed E-state index contributed by atoms with van der Waals surface area (Å²) < 4.78 is 68.9. The summed E-state index contributed by atoms with van der Waals surface area (Å²) in [5, 5.41) is 10.7. The molecule has 0 saturated heterocycles. The summed E-state index contributed by atoms with van der Waals surface area (Å²) >= 11 is 0. The van der Waals surface area contributed by atoms with Crippen LogP contribution in [0, 0.1) is 17.8 Å². The Morgan fingerprint density at radius 2 is 0.490 bits per heavy atom. The summed E-state index contributed by atoms with van der Waals surface area (Å²) in [7, 11) is -9.93. The molecule has 0 radical (unpaired) electrons. The van der Waals surface area contributed by atoms with Gasteiger partial charge in [-0.1, -0.05) is 395 Å². The number of esters is 4. The van der Waals surface area contributed by atoms with Gasteiger partial charge in [0, 0.05) is 25.7 Å². The third-order valence-corrected chi connectivity index (χ3v) is 22.1. The van der Waals surface area contributed by atoms with E-state index in [9.17, 15) is 43.2 Å². The Morgan fingerprint density at radius 1 is 0.279 bits per heavy atom. The molecule has 0 amide bonds. The lowest BCUT2D eigenvalue weighted by Gasteiger charge is -2.21. The summed E-state index contributed by atoms with van der Waals surface area (Å²) in [6, 6.07) is 0. The molecule has 618 valence electrons. The van der Waals surface area contributed by atoms with Gasteiger partial charge in [0.1, 0.15) is 19.3 Å². The van der Waals surface area contributed by atoms with Gasteiger partial charge in [-0.2, -0.15) is 0 Å². The number of hydrogen-bond donors (Lipinski definition) is 3. The highest BCUT2D eigenvalue weighted by molar-refractivity contribution is 7.47. The van der Waals surface area contributed by atoms with Crippen molar-refractivity contribution in [2.75, 3.05) is 39.6 Å². The van der Waals surface area contributed by atoms with Gasteiger partial charge in [-0.05, 0) is 43.4 Å². The molecular formula is C85H166O17P2. The van der Waals surface area contributed by atoms with Gasteiger partial charge >= 0.3 is 39.5 Å². The van der Waals surface area contributed by atoms with Gasteiger partial charge in [-0.15, -0.1) is 0 Å². The minimum absolute atomic E-state index is 0.106. The molecule has 0 aromatic rings. The Kier molecular flexibility index (Phi) is 73.7. The Bertz CT molecular complexity index is 2010. The number of aliphatic hydroxyl groups excluding tert-OH is 1. The maximum Gasteiger partial charge on any atom is 0.472 e. The molecule has 3 unspecified atom stereocenters. The number of hydrogen-bond acceptors (Lipinski definition) is 15. The first-order chi connectivity index (χ1) is 50.3. The van der Waals surface area contributed by atoms with Crippen molar-refractivity contribution < 1.29 is 80.2 Å². The Balaban J connectivity index is 5.24. The summed E-state index contributed by atoms with van der Waals surface area (Å²) in [6.45, 7) is 12.0. The number of unbranched alkanes of at least 4 members (excludes halogenated alkanes) is 50. The summed E-state index contributed by atoms with van der Waals surface area (Å²) in [4.78, 5) is 73.2. The van der Waals surface area contributed by atoms with E-state index in [1.807, 2.05) is 0 Å². The highest BCUT2D eigenvalue weighted by atomic mass is 31.2. The zero-order chi connectivity index (χ0) is 76.5. The van der Waals surface area contributed by atoms with Crippen LogP contribution < -0.4 is 0 Å². The van der Waals surface area contributed by atoms with Gasteiger partial charge in [0.25, 0.3) is 0 Å². The van der Waals surface area contributed by atoms with Gasteiger partial charge in [0.2, 0.25) is 0 Å². The number of rotatable bonds is 83. The third kappa shape index (κ3) is 76.8. The van der Waals surface area contributed by atoms with Crippen LogP contribution in [0.15, 0.2) is 0 Å². The lowest BCUT2D eigenvalue weighted by molar-refractivity contribution is -0.161. The van der Waals surface area contributed by atoms with E-state index in [2.05, 4.69) is 48.5 Å². The lowest BCUT2D eigenvalue weighted by Crippen LogP contribution is -2.30. The minimum Gasteiger partial charge on any atom is -0.462 e. The number of ether oxygens (including phenoxy) is 4. The largest absolute Gasteiger partial charge is 0.472 e. The molecule has 0 aliphatic carbocycles. The number of aliphatic hydroxyl groups is 1. The Morgan fingerprint density at radius 3 is 0.731 bits per heavy atom. The van der Waals surface area contributed by atoms with Gasteiger partial charge in [0.15, 0.2) is 12.2 Å². The van der Waals surface area contributed by atoms with Gasteiger partial charge in [0.05, 0.1) is 26.4 Å². The number of carbonyl (C=O) groups is 4. The monoisotopic (exact) mass is 1520 g/mol. The molecule has 0 aliphatic heterocycles. The van der Waals surface area contributed by atoms with Crippen LogP contribution >= 0.6 is 15.6 Å². The van der Waals surface area contributed by atoms with E-state index in [1.165, 1.54) is 250 Å². The number of phosphoric acid groups is 2. The van der Waals surface area contributed by atoms with E-state index in [1.54, 1.807) is 0 Å². The van der Waals surface area contributed by atoms with Gasteiger partial charge in [-0.3, -0.25) is 37.3 Å². The highest BCUT2D eigenvalue weighted by Crippen LogP contribution is 2.45. The predicted molar refractivity (Wildman–Crippen MR) is 428 cm³/mol. The van der Waals surface area contributed by atoms with Crippen molar-refractivity contribution >= 4 is 39.5 Å². The molecule has 0 rings (SSSR count). The van der Waals surface area contributed by atoms with Crippen molar-refractivity contribution in [3.05, 3.63) is 0 Å². The van der Waals surface area contributed by atoms with Crippen molar-refractivity contribution in [3.8, 4) is 0 Å². The highest BCUT2D eigenvalue weighted by Gasteiger charge is 2.30. The van der Waals surface area contributed by atoms with Crippen molar-refractivity contribution in [2.45, 2.75) is 465 Å². The third-order valence-electron chi connectivity index (χ3n) is 20.2. The molecule has 3 N–H and O–H groups in total. The molecular weight excluding hydrogens is 1350 g/mol. The first-order valence-corrected chi connectivity index (χ1v) is 46.9. The first kappa shape index (κ1) is 102. The van der Waals surface area contributed by atoms with Crippen LogP contribution in [0.3, 0.4) is 0 Å². The molecule has 0 aromatic heterocycles. The summed E-state index contributed by atoms with van der Waals surface area (Å²) in [6.07, 6.45) is 65.3. The standard InChI is InChI=1S/C85H166O17P2/c1-8-10-11-12-13-14-15-16-17-18-19-20-21-22-29-34-39-46-54-61-68-84(89)101-80(72-95-82(87)66-59-52-45-38-33-28-24-23-27-32-37-44-51-58-65-78(7)9-2)74-99-103(91,92)97-70-79(86)71-98-104(93,94)100-75-81(73-96-83(88)67-60-53-48-41-43-50-57-64-77(5)6)102-85(90)69-62-55-47-40-35-30-25-26-31-36-42-49-56-63-76(3)4/h76-81,86H,8-75H2,1-7H3,(H,91,92)(H,93,94)/t78?,79-,80-,81-/m1/s1. The van der Waals surface area contributed by atoms with Crippen LogP contribution in [0.1, 0.15) is 447 Å². The number of phosphoric ester groups is 2. The van der Waals surface area contributed by atoms with Crippen LogP contribution in [-0.2, 0) is 65.4 Å². The van der Waals surface area contributed by atoms with E-state index >= 15 is 0 Å². The molecule has 0 aromatic carbocycles. The maximum absolute atomic E-state index is 13.1. The summed E-state index contributed by atoms with van der Waals surface area (Å²) in [5.41, 5.74) is 0. The number of carbonyl (C=O) groups excluding carboxylic acids is 4. The van der Waals surface area contributed by atoms with E-state index in [0.717, 1.165) is 108 Å². The zero-order valence-electron chi connectivity index (χ0n) is 68.5. The molecule has 0 fully saturated rings. The topological polar surface area (TPSA) is 237 Å². The molecule has 6 atom stereocenters. The Labute approximate surface area is 638 Å². The lowest BCUT2D eigenvalue weighted by atomic mass is 9.99. The van der Waals surface area contributed by atoms with E-state index in [0.29, 0.717) is 31.6 Å². The predicted octanol–water partition coefficient (Wildman–Crippen LogP) is 25.7. The quantitative estimate of drug-likeness (QED) is 0.0222. The molecule has 0 bridgehead atoms. The molecule has 0 spiro atoms. The van der Waals surface area contributed by atoms with Gasteiger partial charge < -0.3 is 33.8 Å². The SMILES string of the molecule is CCCCCCCCCCCCCCCCCCCCCCC(=O)O[C@H](COC(=O)CCCCCCCCCCCCCCCCC(C)CC)COP(=O)(O)OC[C@@H](O)COP(=O)(O)OC[C@@H](COC(=O)CCCCCCCCCC(C)C)OC(=O)CCCCCCCCCCCCCCCC(C)C. The normalized spacial score (nSPS) is 14.2. The summed E-state index contributed by atoms with van der Waals surface area (Å²) in [5.74, 6) is 0.234. The van der Waals surface area contributed by atoms with E-state index < -0.39 is 97.5 Å². The molecule has 104 heavy (non-hydrogen) atoms. The average molecular weight is 1520 g/mol. The van der Waals surface area contributed by atoms with E-state index in [4.69, 9.17) is 37.0 Å². The van der Waals surface area contributed by atoms with Gasteiger partial charge in [-0.25, -0.2) is 9.13 Å². The molecule has 0 saturated carbocycles. The van der Waals surface area contributed by atoms with Crippen molar-refractivity contribution in [1.29, 1.82) is 0 Å². The van der Waals surface area contributed by atoms with Crippen LogP contribution in [0.25, 0.3) is 0 Å². The molecule has 0 heterocycles. The smallest absolute Gasteiger partial charge is 0.462 e. The zero-order valence-corrected chi connectivity index (χ0v) is 70.3. The van der Waals surface area contributed by atoms with E-state index in [-0.39, 0.29) is 25.7 Å².